The molecule has 1 aromatic carbocycles. The van der Waals surface area contributed by atoms with Crippen LogP contribution in [0.4, 0.5) is 4.79 Å². The highest BCUT2D eigenvalue weighted by Gasteiger charge is 2.18. The van der Waals surface area contributed by atoms with E-state index in [9.17, 15) is 9.59 Å². The van der Waals surface area contributed by atoms with Gasteiger partial charge in [-0.15, -0.1) is 0 Å². The summed E-state index contributed by atoms with van der Waals surface area (Å²) in [6.45, 7) is 5.48. The smallest absolute Gasteiger partial charge is 0.418 e. The second-order valence-corrected chi connectivity index (χ2v) is 5.84. The molecule has 0 bridgehead atoms. The van der Waals surface area contributed by atoms with Crippen molar-refractivity contribution in [1.82, 2.24) is 4.57 Å². The second-order valence-electron chi connectivity index (χ2n) is 5.84. The fourth-order valence-corrected chi connectivity index (χ4v) is 1.97. The number of carbonyl (C=O) groups excluding carboxylic acids is 2. The number of rotatable bonds is 2. The third-order valence-electron chi connectivity index (χ3n) is 2.92. The monoisotopic (exact) mass is 301 g/mol. The van der Waals surface area contributed by atoms with Gasteiger partial charge in [-0.3, -0.25) is 4.57 Å². The van der Waals surface area contributed by atoms with Crippen molar-refractivity contribution in [2.75, 3.05) is 7.11 Å². The molecule has 0 saturated heterocycles. The molecule has 0 saturated carbocycles. The summed E-state index contributed by atoms with van der Waals surface area (Å²) < 4.78 is 11.4. The van der Waals surface area contributed by atoms with Gasteiger partial charge in [0, 0.05) is 17.7 Å². The van der Waals surface area contributed by atoms with E-state index >= 15 is 0 Å². The van der Waals surface area contributed by atoms with E-state index in [1.165, 1.54) is 17.8 Å². The molecular formula is C17H19NO4. The van der Waals surface area contributed by atoms with E-state index in [0.717, 1.165) is 16.5 Å². The van der Waals surface area contributed by atoms with E-state index < -0.39 is 17.7 Å². The Kier molecular flexibility index (Phi) is 4.35. The van der Waals surface area contributed by atoms with Crippen molar-refractivity contribution in [3.8, 4) is 0 Å². The van der Waals surface area contributed by atoms with Crippen molar-refractivity contribution in [2.45, 2.75) is 26.4 Å². The Hall–Kier alpha value is -2.56. The largest absolute Gasteiger partial charge is 0.466 e. The molecule has 22 heavy (non-hydrogen) atoms. The van der Waals surface area contributed by atoms with Gasteiger partial charge in [-0.2, -0.15) is 0 Å². The number of hydrogen-bond acceptors (Lipinski definition) is 4. The number of carbonyl (C=O) groups is 2. The van der Waals surface area contributed by atoms with Crippen LogP contribution in [0.15, 0.2) is 36.5 Å². The van der Waals surface area contributed by atoms with Crippen LogP contribution in [0.5, 0.6) is 0 Å². The first kappa shape index (κ1) is 15.8. The summed E-state index contributed by atoms with van der Waals surface area (Å²) in [5.74, 6) is -0.411. The van der Waals surface area contributed by atoms with Gasteiger partial charge >= 0.3 is 12.1 Å². The first-order valence-corrected chi connectivity index (χ1v) is 6.91. The molecule has 1 aromatic heterocycles. The quantitative estimate of drug-likeness (QED) is 0.628. The molecular weight excluding hydrogens is 282 g/mol. The van der Waals surface area contributed by atoms with Gasteiger partial charge in [0.2, 0.25) is 0 Å². The van der Waals surface area contributed by atoms with Crippen molar-refractivity contribution in [3.63, 3.8) is 0 Å². The standard InChI is InChI=1S/C17H19NO4/c1-17(2,3)22-16(20)18-10-9-13-11-12(5-7-14(13)18)6-8-15(19)21-4/h5-11H,1-4H3/b8-6+. The minimum absolute atomic E-state index is 0.411. The molecule has 0 N–H and O–H groups in total. The zero-order chi connectivity index (χ0) is 16.3. The Balaban J connectivity index is 2.29. The lowest BCUT2D eigenvalue weighted by molar-refractivity contribution is -0.134. The van der Waals surface area contributed by atoms with Crippen molar-refractivity contribution in [2.24, 2.45) is 0 Å². The van der Waals surface area contributed by atoms with Crippen LogP contribution in [-0.2, 0) is 14.3 Å². The maximum absolute atomic E-state index is 12.1. The third kappa shape index (κ3) is 3.75. The van der Waals surface area contributed by atoms with Gasteiger partial charge in [0.05, 0.1) is 12.6 Å². The first-order chi connectivity index (χ1) is 10.3. The second kappa shape index (κ2) is 6.05. The Bertz CT molecular complexity index is 735. The van der Waals surface area contributed by atoms with Crippen molar-refractivity contribution in [3.05, 3.63) is 42.1 Å². The highest BCUT2D eigenvalue weighted by atomic mass is 16.6. The van der Waals surface area contributed by atoms with Gasteiger partial charge in [0.25, 0.3) is 0 Å². The van der Waals surface area contributed by atoms with Crippen LogP contribution in [0, 0.1) is 0 Å². The summed E-state index contributed by atoms with van der Waals surface area (Å²) >= 11 is 0. The lowest BCUT2D eigenvalue weighted by Gasteiger charge is -2.19. The summed E-state index contributed by atoms with van der Waals surface area (Å²) in [5, 5.41) is 0.887. The normalized spacial score (nSPS) is 11.8. The van der Waals surface area contributed by atoms with Crippen LogP contribution in [0.1, 0.15) is 26.3 Å². The van der Waals surface area contributed by atoms with E-state index in [1.807, 2.05) is 45.0 Å². The SMILES string of the molecule is COC(=O)/C=C/c1ccc2c(ccn2C(=O)OC(C)(C)C)c1. The molecule has 0 atom stereocenters. The number of nitrogens with zero attached hydrogens (tertiary/aromatic N) is 1. The lowest BCUT2D eigenvalue weighted by atomic mass is 10.1. The van der Waals surface area contributed by atoms with Gasteiger partial charge in [-0.25, -0.2) is 9.59 Å². The molecule has 0 aliphatic carbocycles. The number of hydrogen-bond donors (Lipinski definition) is 0. The third-order valence-corrected chi connectivity index (χ3v) is 2.92. The summed E-state index contributed by atoms with van der Waals surface area (Å²) in [7, 11) is 1.33. The molecule has 0 aliphatic rings. The van der Waals surface area contributed by atoms with Gasteiger partial charge in [-0.1, -0.05) is 6.07 Å². The molecule has 2 aromatic rings. The number of ether oxygens (including phenoxy) is 2. The number of fused-ring (bicyclic) bond motifs is 1. The minimum atomic E-state index is -0.545. The van der Waals surface area contributed by atoms with Gasteiger partial charge in [0.15, 0.2) is 0 Å². The molecule has 1 heterocycles. The summed E-state index contributed by atoms with van der Waals surface area (Å²) in [6, 6.07) is 7.35. The first-order valence-electron chi connectivity index (χ1n) is 6.91. The zero-order valence-electron chi connectivity index (χ0n) is 13.1. The average Bonchev–Trinajstić information content (AvgIpc) is 2.86. The topological polar surface area (TPSA) is 57.5 Å². The Labute approximate surface area is 129 Å². The van der Waals surface area contributed by atoms with E-state index in [2.05, 4.69) is 4.74 Å². The number of methoxy groups -OCH3 is 1. The van der Waals surface area contributed by atoms with Crippen molar-refractivity contribution >= 4 is 29.0 Å². The summed E-state index contributed by atoms with van der Waals surface area (Å²) in [6.07, 6.45) is 4.27. The summed E-state index contributed by atoms with van der Waals surface area (Å²) in [5.41, 5.74) is 1.06. The molecule has 0 aliphatic heterocycles. The van der Waals surface area contributed by atoms with Crippen molar-refractivity contribution in [1.29, 1.82) is 0 Å². The Morgan fingerprint density at radius 3 is 2.55 bits per heavy atom. The van der Waals surface area contributed by atoms with Crippen molar-refractivity contribution < 1.29 is 19.1 Å². The highest BCUT2D eigenvalue weighted by molar-refractivity contribution is 5.92. The molecule has 2 rings (SSSR count). The minimum Gasteiger partial charge on any atom is -0.466 e. The molecule has 116 valence electrons. The van der Waals surface area contributed by atoms with E-state index in [0.29, 0.717) is 0 Å². The van der Waals surface area contributed by atoms with E-state index in [1.54, 1.807) is 12.3 Å². The van der Waals surface area contributed by atoms with Crippen LogP contribution in [0.3, 0.4) is 0 Å². The molecule has 0 unspecified atom stereocenters. The van der Waals surface area contributed by atoms with Crippen LogP contribution >= 0.6 is 0 Å². The number of esters is 1. The molecule has 5 heteroatoms. The Morgan fingerprint density at radius 1 is 1.18 bits per heavy atom. The molecule has 0 radical (unpaired) electrons. The molecule has 0 fully saturated rings. The predicted molar refractivity (Wildman–Crippen MR) is 84.6 cm³/mol. The fraction of sp³-hybridized carbons (Fsp3) is 0.294. The molecule has 0 amide bonds. The van der Waals surface area contributed by atoms with Crippen LogP contribution in [0.25, 0.3) is 17.0 Å². The van der Waals surface area contributed by atoms with E-state index in [-0.39, 0.29) is 0 Å². The van der Waals surface area contributed by atoms with Gasteiger partial charge < -0.3 is 9.47 Å². The number of aromatic nitrogens is 1. The maximum Gasteiger partial charge on any atom is 0.418 e. The average molecular weight is 301 g/mol. The zero-order valence-corrected chi connectivity index (χ0v) is 13.1. The maximum atomic E-state index is 12.1. The fourth-order valence-electron chi connectivity index (χ4n) is 1.97. The Morgan fingerprint density at radius 2 is 1.91 bits per heavy atom. The number of benzene rings is 1. The highest BCUT2D eigenvalue weighted by Crippen LogP contribution is 2.20. The summed E-state index contributed by atoms with van der Waals surface area (Å²) in [4.78, 5) is 23.2. The van der Waals surface area contributed by atoms with E-state index in [4.69, 9.17) is 4.74 Å². The molecule has 5 nitrogen and oxygen atoms in total. The van der Waals surface area contributed by atoms with Crippen LogP contribution in [-0.4, -0.2) is 29.3 Å². The van der Waals surface area contributed by atoms with Crippen LogP contribution < -0.4 is 0 Å². The van der Waals surface area contributed by atoms with Gasteiger partial charge in [-0.05, 0) is 50.6 Å². The molecule has 0 spiro atoms. The van der Waals surface area contributed by atoms with Crippen LogP contribution in [0.2, 0.25) is 0 Å². The lowest BCUT2D eigenvalue weighted by Crippen LogP contribution is -2.26. The van der Waals surface area contributed by atoms with Gasteiger partial charge in [0.1, 0.15) is 5.60 Å². The predicted octanol–water partition coefficient (Wildman–Crippen LogP) is 3.61.